The van der Waals surface area contributed by atoms with Crippen molar-refractivity contribution in [3.05, 3.63) is 59.0 Å². The van der Waals surface area contributed by atoms with E-state index in [2.05, 4.69) is 53.4 Å². The van der Waals surface area contributed by atoms with E-state index in [4.69, 9.17) is 0 Å². The molecule has 0 unspecified atom stereocenters. The third-order valence-electron chi connectivity index (χ3n) is 5.40. The average Bonchev–Trinajstić information content (AvgIpc) is 3.08. The Bertz CT molecular complexity index is 956. The standard InChI is InChI=1S/C23H27N3OS/c1-3-6-20-19-7-4-5-8-21(19)28-22(20)23(27)24-17-9-11-18(12-10-17)26-15-13-25(2)14-16-26/h4-5,7-12H,3,6,13-16H2,1-2H3,(H,24,27). The molecule has 0 spiro atoms. The van der Waals surface area contributed by atoms with Crippen molar-refractivity contribution in [3.63, 3.8) is 0 Å². The van der Waals surface area contributed by atoms with Gasteiger partial charge in [-0.1, -0.05) is 31.5 Å². The van der Waals surface area contributed by atoms with Gasteiger partial charge >= 0.3 is 0 Å². The van der Waals surface area contributed by atoms with Gasteiger partial charge in [-0.3, -0.25) is 4.79 Å². The molecule has 1 aromatic heterocycles. The quantitative estimate of drug-likeness (QED) is 0.672. The number of amides is 1. The maximum absolute atomic E-state index is 13.0. The first-order valence-corrected chi connectivity index (χ1v) is 10.8. The number of piperazine rings is 1. The van der Waals surface area contributed by atoms with Crippen molar-refractivity contribution >= 4 is 38.7 Å². The second-order valence-electron chi connectivity index (χ2n) is 7.45. The van der Waals surface area contributed by atoms with Gasteiger partial charge in [-0.05, 0) is 54.8 Å². The van der Waals surface area contributed by atoms with E-state index in [9.17, 15) is 4.79 Å². The fraction of sp³-hybridized carbons (Fsp3) is 0.348. The van der Waals surface area contributed by atoms with Crippen LogP contribution in [0.1, 0.15) is 28.6 Å². The Hall–Kier alpha value is -2.37. The number of nitrogens with one attached hydrogen (secondary N) is 1. The van der Waals surface area contributed by atoms with Crippen LogP contribution in [-0.4, -0.2) is 44.0 Å². The smallest absolute Gasteiger partial charge is 0.266 e. The van der Waals surface area contributed by atoms with Gasteiger partial charge in [-0.15, -0.1) is 11.3 Å². The van der Waals surface area contributed by atoms with E-state index >= 15 is 0 Å². The molecule has 1 N–H and O–H groups in total. The molecule has 2 aromatic carbocycles. The van der Waals surface area contributed by atoms with Crippen LogP contribution in [0, 0.1) is 0 Å². The molecule has 4 nitrogen and oxygen atoms in total. The van der Waals surface area contributed by atoms with E-state index in [0.29, 0.717) is 0 Å². The van der Waals surface area contributed by atoms with E-state index in [0.717, 1.165) is 49.6 Å². The number of hydrogen-bond donors (Lipinski definition) is 1. The number of aryl methyl sites for hydroxylation is 1. The molecule has 0 bridgehead atoms. The summed E-state index contributed by atoms with van der Waals surface area (Å²) in [6.07, 6.45) is 1.95. The van der Waals surface area contributed by atoms with Gasteiger partial charge in [0.25, 0.3) is 5.91 Å². The van der Waals surface area contributed by atoms with Crippen molar-refractivity contribution in [1.82, 2.24) is 4.90 Å². The minimum absolute atomic E-state index is 0.00278. The summed E-state index contributed by atoms with van der Waals surface area (Å²) in [7, 11) is 2.16. The second kappa shape index (κ2) is 8.33. The molecule has 3 aromatic rings. The van der Waals surface area contributed by atoms with E-state index in [1.807, 2.05) is 24.3 Å². The molecule has 0 aliphatic carbocycles. The van der Waals surface area contributed by atoms with Crippen LogP contribution in [0.25, 0.3) is 10.1 Å². The molecule has 1 fully saturated rings. The molecular formula is C23H27N3OS. The van der Waals surface area contributed by atoms with Gasteiger partial charge in [0.1, 0.15) is 0 Å². The summed E-state index contributed by atoms with van der Waals surface area (Å²) in [6.45, 7) is 6.43. The van der Waals surface area contributed by atoms with Crippen molar-refractivity contribution in [2.75, 3.05) is 43.4 Å². The van der Waals surface area contributed by atoms with Gasteiger partial charge in [0.05, 0.1) is 4.88 Å². The topological polar surface area (TPSA) is 35.6 Å². The summed E-state index contributed by atoms with van der Waals surface area (Å²) in [4.78, 5) is 18.6. The zero-order valence-electron chi connectivity index (χ0n) is 16.6. The Morgan fingerprint density at radius 2 is 1.75 bits per heavy atom. The Labute approximate surface area is 170 Å². The number of carbonyl (C=O) groups is 1. The highest BCUT2D eigenvalue weighted by Crippen LogP contribution is 2.33. The lowest BCUT2D eigenvalue weighted by molar-refractivity contribution is 0.103. The van der Waals surface area contributed by atoms with Crippen LogP contribution in [0.3, 0.4) is 0 Å². The summed E-state index contributed by atoms with van der Waals surface area (Å²) in [6, 6.07) is 16.5. The minimum atomic E-state index is -0.00278. The summed E-state index contributed by atoms with van der Waals surface area (Å²) >= 11 is 1.59. The fourth-order valence-corrected chi connectivity index (χ4v) is 4.94. The molecule has 1 amide bonds. The molecule has 4 rings (SSSR count). The first-order valence-electron chi connectivity index (χ1n) is 10.0. The van der Waals surface area contributed by atoms with Crippen LogP contribution in [0.2, 0.25) is 0 Å². The molecule has 1 aliphatic heterocycles. The lowest BCUT2D eigenvalue weighted by atomic mass is 10.1. The van der Waals surface area contributed by atoms with E-state index < -0.39 is 0 Å². The highest BCUT2D eigenvalue weighted by Gasteiger charge is 2.18. The number of rotatable bonds is 5. The van der Waals surface area contributed by atoms with Crippen molar-refractivity contribution in [1.29, 1.82) is 0 Å². The SMILES string of the molecule is CCCc1c(C(=O)Nc2ccc(N3CCN(C)CC3)cc2)sc2ccccc12. The van der Waals surface area contributed by atoms with Gasteiger partial charge < -0.3 is 15.1 Å². The van der Waals surface area contributed by atoms with Crippen LogP contribution in [0.4, 0.5) is 11.4 Å². The summed E-state index contributed by atoms with van der Waals surface area (Å²) in [5.74, 6) is -0.00278. The summed E-state index contributed by atoms with van der Waals surface area (Å²) < 4.78 is 1.18. The minimum Gasteiger partial charge on any atom is -0.369 e. The van der Waals surface area contributed by atoms with Crippen LogP contribution in [-0.2, 0) is 6.42 Å². The molecule has 1 saturated heterocycles. The average molecular weight is 394 g/mol. The third kappa shape index (κ3) is 3.91. The Morgan fingerprint density at radius 3 is 2.46 bits per heavy atom. The number of benzene rings is 2. The number of nitrogens with zero attached hydrogens (tertiary/aromatic N) is 2. The van der Waals surface area contributed by atoms with Crippen LogP contribution in [0.15, 0.2) is 48.5 Å². The van der Waals surface area contributed by atoms with Gasteiger partial charge in [-0.25, -0.2) is 0 Å². The number of carbonyl (C=O) groups excluding carboxylic acids is 1. The van der Waals surface area contributed by atoms with Crippen molar-refractivity contribution < 1.29 is 4.79 Å². The van der Waals surface area contributed by atoms with Gasteiger partial charge in [0.2, 0.25) is 0 Å². The highest BCUT2D eigenvalue weighted by molar-refractivity contribution is 7.21. The van der Waals surface area contributed by atoms with Crippen LogP contribution < -0.4 is 10.2 Å². The second-order valence-corrected chi connectivity index (χ2v) is 8.50. The van der Waals surface area contributed by atoms with E-state index in [1.54, 1.807) is 11.3 Å². The van der Waals surface area contributed by atoms with Gasteiger partial charge in [0.15, 0.2) is 0 Å². The molecule has 2 heterocycles. The maximum atomic E-state index is 13.0. The van der Waals surface area contributed by atoms with Gasteiger partial charge in [0, 0.05) is 42.3 Å². The van der Waals surface area contributed by atoms with E-state index in [-0.39, 0.29) is 5.91 Å². The first kappa shape index (κ1) is 19.0. The number of anilines is 2. The van der Waals surface area contributed by atoms with E-state index in [1.165, 1.54) is 21.3 Å². The highest BCUT2D eigenvalue weighted by atomic mass is 32.1. The Morgan fingerprint density at radius 1 is 1.04 bits per heavy atom. The molecule has 0 saturated carbocycles. The maximum Gasteiger partial charge on any atom is 0.266 e. The molecule has 0 atom stereocenters. The van der Waals surface area contributed by atoms with Crippen molar-refractivity contribution in [3.8, 4) is 0 Å². The summed E-state index contributed by atoms with van der Waals surface area (Å²) in [5, 5.41) is 4.31. The normalized spacial score (nSPS) is 15.1. The number of hydrogen-bond acceptors (Lipinski definition) is 4. The largest absolute Gasteiger partial charge is 0.369 e. The Balaban J connectivity index is 1.51. The van der Waals surface area contributed by atoms with Crippen LogP contribution in [0.5, 0.6) is 0 Å². The zero-order chi connectivity index (χ0) is 19.5. The monoisotopic (exact) mass is 393 g/mol. The van der Waals surface area contributed by atoms with Crippen molar-refractivity contribution in [2.24, 2.45) is 0 Å². The molecule has 5 heteroatoms. The van der Waals surface area contributed by atoms with Gasteiger partial charge in [-0.2, -0.15) is 0 Å². The first-order chi connectivity index (χ1) is 13.7. The molecule has 0 radical (unpaired) electrons. The fourth-order valence-electron chi connectivity index (χ4n) is 3.79. The number of fused-ring (bicyclic) bond motifs is 1. The third-order valence-corrected chi connectivity index (χ3v) is 6.61. The molecule has 1 aliphatic rings. The summed E-state index contributed by atoms with van der Waals surface area (Å²) in [5.41, 5.74) is 3.25. The van der Waals surface area contributed by atoms with Crippen LogP contribution >= 0.6 is 11.3 Å². The Kier molecular flexibility index (Phi) is 5.64. The zero-order valence-corrected chi connectivity index (χ0v) is 17.4. The molecule has 28 heavy (non-hydrogen) atoms. The lowest BCUT2D eigenvalue weighted by Gasteiger charge is -2.34. The predicted molar refractivity (Wildman–Crippen MR) is 120 cm³/mol. The van der Waals surface area contributed by atoms with Crippen molar-refractivity contribution in [2.45, 2.75) is 19.8 Å². The molecular weight excluding hydrogens is 366 g/mol. The molecule has 146 valence electrons. The number of thiophene rings is 1. The predicted octanol–water partition coefficient (Wildman–Crippen LogP) is 4.86. The number of likely N-dealkylation sites (N-methyl/N-ethyl adjacent to an activating group) is 1. The lowest BCUT2D eigenvalue weighted by Crippen LogP contribution is -2.44.